The molecule has 5 nitrogen and oxygen atoms in total. The van der Waals surface area contributed by atoms with Crippen molar-refractivity contribution in [2.24, 2.45) is 0 Å². The lowest BCUT2D eigenvalue weighted by atomic mass is 10.1. The summed E-state index contributed by atoms with van der Waals surface area (Å²) in [6.07, 6.45) is 5.65. The van der Waals surface area contributed by atoms with Gasteiger partial charge < -0.3 is 14.4 Å². The van der Waals surface area contributed by atoms with E-state index in [1.165, 1.54) is 6.07 Å². The molecule has 0 fully saturated rings. The zero-order chi connectivity index (χ0) is 17.8. The maximum Gasteiger partial charge on any atom is 0.335 e. The number of rotatable bonds is 6. The molecule has 3 aromatic rings. The molecule has 25 heavy (non-hydrogen) atoms. The Morgan fingerprint density at radius 1 is 1.32 bits per heavy atom. The maximum atomic E-state index is 11.1. The summed E-state index contributed by atoms with van der Waals surface area (Å²) in [5.41, 5.74) is 3.30. The molecule has 0 bridgehead atoms. The second kappa shape index (κ2) is 7.05. The van der Waals surface area contributed by atoms with E-state index in [0.29, 0.717) is 23.6 Å². The topological polar surface area (TPSA) is 66.6 Å². The fourth-order valence-electron chi connectivity index (χ4n) is 2.56. The minimum absolute atomic E-state index is 0.202. The molecule has 0 aliphatic carbocycles. The number of hydrogen-bond acceptors (Lipinski definition) is 4. The lowest BCUT2D eigenvalue weighted by Crippen LogP contribution is -2.07. The molecule has 0 saturated heterocycles. The molecule has 0 saturated carbocycles. The molecule has 1 aromatic heterocycles. The molecule has 0 spiro atoms. The van der Waals surface area contributed by atoms with Crippen LogP contribution in [0.3, 0.4) is 0 Å². The quantitative estimate of drug-likeness (QED) is 0.709. The van der Waals surface area contributed by atoms with Gasteiger partial charge in [0.2, 0.25) is 5.89 Å². The molecule has 0 atom stereocenters. The highest BCUT2D eigenvalue weighted by Gasteiger charge is 2.11. The normalized spacial score (nSPS) is 11.1. The Morgan fingerprint density at radius 3 is 2.88 bits per heavy atom. The lowest BCUT2D eigenvalue weighted by Gasteiger charge is -2.14. The van der Waals surface area contributed by atoms with Crippen molar-refractivity contribution < 1.29 is 14.3 Å². The SMILES string of the molecule is C=CN(/C=C\C)Cc1ccc2nc(-c3cccc(C(=O)O)c3)oc2c1. The minimum Gasteiger partial charge on any atom is -0.478 e. The Kier molecular flexibility index (Phi) is 4.66. The Labute approximate surface area is 145 Å². The van der Waals surface area contributed by atoms with E-state index in [4.69, 9.17) is 9.52 Å². The van der Waals surface area contributed by atoms with Crippen LogP contribution in [-0.2, 0) is 6.54 Å². The molecule has 3 rings (SSSR count). The van der Waals surface area contributed by atoms with Crippen LogP contribution in [0, 0.1) is 0 Å². The number of aromatic carboxylic acids is 1. The number of oxazole rings is 1. The fraction of sp³-hybridized carbons (Fsp3) is 0.100. The first-order valence-electron chi connectivity index (χ1n) is 7.85. The van der Waals surface area contributed by atoms with Gasteiger partial charge in [-0.1, -0.05) is 24.8 Å². The van der Waals surface area contributed by atoms with E-state index >= 15 is 0 Å². The summed E-state index contributed by atoms with van der Waals surface area (Å²) in [4.78, 5) is 17.5. The summed E-state index contributed by atoms with van der Waals surface area (Å²) in [7, 11) is 0. The number of fused-ring (bicyclic) bond motifs is 1. The van der Waals surface area contributed by atoms with Crippen LogP contribution in [-0.4, -0.2) is 21.0 Å². The van der Waals surface area contributed by atoms with Gasteiger partial charge in [-0.15, -0.1) is 0 Å². The summed E-state index contributed by atoms with van der Waals surface area (Å²) in [6.45, 7) is 6.42. The van der Waals surface area contributed by atoms with Crippen molar-refractivity contribution in [2.75, 3.05) is 0 Å². The van der Waals surface area contributed by atoms with Gasteiger partial charge in [0.15, 0.2) is 5.58 Å². The van der Waals surface area contributed by atoms with Gasteiger partial charge in [0.1, 0.15) is 5.52 Å². The van der Waals surface area contributed by atoms with Gasteiger partial charge in [-0.25, -0.2) is 9.78 Å². The van der Waals surface area contributed by atoms with Crippen molar-refractivity contribution in [1.82, 2.24) is 9.88 Å². The molecular weight excluding hydrogens is 316 g/mol. The lowest BCUT2D eigenvalue weighted by molar-refractivity contribution is 0.0697. The first-order valence-corrected chi connectivity index (χ1v) is 7.85. The molecule has 126 valence electrons. The smallest absolute Gasteiger partial charge is 0.335 e. The molecule has 0 unspecified atom stereocenters. The number of aromatic nitrogens is 1. The molecule has 0 aliphatic heterocycles. The first-order chi connectivity index (χ1) is 12.1. The van der Waals surface area contributed by atoms with Crippen LogP contribution >= 0.6 is 0 Å². The molecular formula is C20H18N2O3. The van der Waals surface area contributed by atoms with Crippen LogP contribution in [0.1, 0.15) is 22.8 Å². The van der Waals surface area contributed by atoms with Crippen LogP contribution in [0.25, 0.3) is 22.6 Å². The average molecular weight is 334 g/mol. The van der Waals surface area contributed by atoms with Crippen molar-refractivity contribution in [3.63, 3.8) is 0 Å². The van der Waals surface area contributed by atoms with Gasteiger partial charge in [-0.3, -0.25) is 0 Å². The van der Waals surface area contributed by atoms with Gasteiger partial charge in [0, 0.05) is 12.1 Å². The molecule has 2 aromatic carbocycles. The highest BCUT2D eigenvalue weighted by atomic mass is 16.4. The Morgan fingerprint density at radius 2 is 2.16 bits per heavy atom. The van der Waals surface area contributed by atoms with Crippen molar-refractivity contribution in [1.29, 1.82) is 0 Å². The number of nitrogens with zero attached hydrogens (tertiary/aromatic N) is 2. The molecule has 0 aliphatic rings. The van der Waals surface area contributed by atoms with E-state index in [9.17, 15) is 4.79 Å². The Balaban J connectivity index is 1.94. The second-order valence-electron chi connectivity index (χ2n) is 5.54. The second-order valence-corrected chi connectivity index (χ2v) is 5.54. The zero-order valence-corrected chi connectivity index (χ0v) is 13.8. The fourth-order valence-corrected chi connectivity index (χ4v) is 2.56. The van der Waals surface area contributed by atoms with Gasteiger partial charge >= 0.3 is 5.97 Å². The van der Waals surface area contributed by atoms with Gasteiger partial charge in [-0.05, 0) is 55.2 Å². The Bertz CT molecular complexity index is 956. The van der Waals surface area contributed by atoms with Crippen molar-refractivity contribution >= 4 is 17.1 Å². The predicted molar refractivity (Wildman–Crippen MR) is 97.0 cm³/mol. The standard InChI is InChI=1S/C20H18N2O3/c1-3-10-22(4-2)13-14-8-9-17-18(11-14)25-19(21-17)15-6-5-7-16(12-15)20(23)24/h3-12H,2,13H2,1H3,(H,23,24)/b10-3-. The van der Waals surface area contributed by atoms with Crippen LogP contribution < -0.4 is 0 Å². The van der Waals surface area contributed by atoms with E-state index in [1.807, 2.05) is 42.3 Å². The van der Waals surface area contributed by atoms with E-state index in [2.05, 4.69) is 11.6 Å². The van der Waals surface area contributed by atoms with Crippen LogP contribution in [0.5, 0.6) is 0 Å². The van der Waals surface area contributed by atoms with Gasteiger partial charge in [0.25, 0.3) is 0 Å². The number of allylic oxidation sites excluding steroid dienone is 1. The van der Waals surface area contributed by atoms with Crippen molar-refractivity contribution in [2.45, 2.75) is 13.5 Å². The summed E-state index contributed by atoms with van der Waals surface area (Å²) in [6, 6.07) is 12.4. The zero-order valence-electron chi connectivity index (χ0n) is 13.8. The van der Waals surface area contributed by atoms with E-state index in [0.717, 1.165) is 11.1 Å². The number of carboxylic acids is 1. The summed E-state index contributed by atoms with van der Waals surface area (Å²) in [5, 5.41) is 9.11. The summed E-state index contributed by atoms with van der Waals surface area (Å²) in [5.74, 6) is -0.571. The third kappa shape index (κ3) is 3.61. The highest BCUT2D eigenvalue weighted by molar-refractivity contribution is 5.89. The van der Waals surface area contributed by atoms with E-state index in [-0.39, 0.29) is 5.56 Å². The predicted octanol–water partition coefficient (Wildman–Crippen LogP) is 4.67. The Hall–Kier alpha value is -3.34. The largest absolute Gasteiger partial charge is 0.478 e. The monoisotopic (exact) mass is 334 g/mol. The molecule has 5 heteroatoms. The maximum absolute atomic E-state index is 11.1. The highest BCUT2D eigenvalue weighted by Crippen LogP contribution is 2.26. The van der Waals surface area contributed by atoms with E-state index in [1.54, 1.807) is 24.4 Å². The number of carboxylic acid groups (broad SMARTS) is 1. The van der Waals surface area contributed by atoms with Crippen LogP contribution in [0.2, 0.25) is 0 Å². The third-order valence-corrected chi connectivity index (χ3v) is 3.75. The van der Waals surface area contributed by atoms with E-state index < -0.39 is 5.97 Å². The van der Waals surface area contributed by atoms with Gasteiger partial charge in [-0.2, -0.15) is 0 Å². The van der Waals surface area contributed by atoms with Crippen LogP contribution in [0.4, 0.5) is 0 Å². The van der Waals surface area contributed by atoms with Crippen LogP contribution in [0.15, 0.2) is 71.9 Å². The molecule has 0 amide bonds. The molecule has 1 heterocycles. The van der Waals surface area contributed by atoms with Gasteiger partial charge in [0.05, 0.1) is 5.56 Å². The average Bonchev–Trinajstić information content (AvgIpc) is 3.04. The third-order valence-electron chi connectivity index (χ3n) is 3.75. The molecule has 0 radical (unpaired) electrons. The number of benzene rings is 2. The summed E-state index contributed by atoms with van der Waals surface area (Å²) < 4.78 is 5.84. The van der Waals surface area contributed by atoms with Crippen molar-refractivity contribution in [3.8, 4) is 11.5 Å². The number of carbonyl (C=O) groups is 1. The minimum atomic E-state index is -0.978. The van der Waals surface area contributed by atoms with Crippen molar-refractivity contribution in [3.05, 3.63) is 78.6 Å². The molecule has 1 N–H and O–H groups in total. The number of hydrogen-bond donors (Lipinski definition) is 1. The summed E-state index contributed by atoms with van der Waals surface area (Å²) >= 11 is 0. The first kappa shape index (κ1) is 16.5.